The number of amides is 2. The van der Waals surface area contributed by atoms with E-state index < -0.39 is 0 Å². The molecule has 1 aromatic carbocycles. The van der Waals surface area contributed by atoms with Gasteiger partial charge in [-0.3, -0.25) is 9.59 Å². The molecule has 0 aliphatic carbocycles. The zero-order chi connectivity index (χ0) is 19.1. The third-order valence-corrected chi connectivity index (χ3v) is 5.01. The molecule has 1 fully saturated rings. The first kappa shape index (κ1) is 19.1. The van der Waals surface area contributed by atoms with Gasteiger partial charge in [0.1, 0.15) is 11.4 Å². The van der Waals surface area contributed by atoms with Crippen LogP contribution in [0.3, 0.4) is 0 Å². The second kappa shape index (κ2) is 9.31. The molecule has 0 saturated carbocycles. The van der Waals surface area contributed by atoms with Crippen molar-refractivity contribution in [1.82, 2.24) is 15.2 Å². The van der Waals surface area contributed by atoms with Gasteiger partial charge < -0.3 is 10.2 Å². The summed E-state index contributed by atoms with van der Waals surface area (Å²) < 4.78 is 0. The summed E-state index contributed by atoms with van der Waals surface area (Å²) in [5, 5.41) is 2.80. The lowest BCUT2D eigenvalue weighted by Gasteiger charge is -2.32. The predicted octanol–water partition coefficient (Wildman–Crippen LogP) is 3.32. The number of rotatable bonds is 6. The average molecular weight is 365 g/mol. The van der Waals surface area contributed by atoms with Gasteiger partial charge in [0.25, 0.3) is 11.8 Å². The molecular formula is C22H27N3O2. The summed E-state index contributed by atoms with van der Waals surface area (Å²) >= 11 is 0. The lowest BCUT2D eigenvalue weighted by molar-refractivity contribution is 0.0684. The molecule has 0 bridgehead atoms. The van der Waals surface area contributed by atoms with E-state index >= 15 is 0 Å². The van der Waals surface area contributed by atoms with E-state index in [9.17, 15) is 9.59 Å². The number of piperidine rings is 1. The van der Waals surface area contributed by atoms with Crippen molar-refractivity contribution >= 4 is 11.8 Å². The van der Waals surface area contributed by atoms with E-state index in [0.717, 1.165) is 38.8 Å². The summed E-state index contributed by atoms with van der Waals surface area (Å²) in [5.41, 5.74) is 2.00. The monoisotopic (exact) mass is 365 g/mol. The van der Waals surface area contributed by atoms with Gasteiger partial charge in [0, 0.05) is 19.6 Å². The average Bonchev–Trinajstić information content (AvgIpc) is 2.73. The molecule has 5 heteroatoms. The maximum atomic E-state index is 12.8. The SMILES string of the molecule is CCCNC(=O)c1cccc(C(=O)N2CCC(Cc3ccccc3)CC2)n1. The molecule has 5 nitrogen and oxygen atoms in total. The predicted molar refractivity (Wildman–Crippen MR) is 106 cm³/mol. The number of hydrogen-bond acceptors (Lipinski definition) is 3. The van der Waals surface area contributed by atoms with Crippen molar-refractivity contribution in [3.05, 3.63) is 65.5 Å². The minimum absolute atomic E-state index is 0.0849. The molecule has 0 atom stereocenters. The van der Waals surface area contributed by atoms with Crippen LogP contribution in [-0.2, 0) is 6.42 Å². The minimum Gasteiger partial charge on any atom is -0.351 e. The topological polar surface area (TPSA) is 62.3 Å². The molecule has 1 aromatic heterocycles. The molecule has 0 unspecified atom stereocenters. The minimum atomic E-state index is -0.229. The Morgan fingerprint density at radius 3 is 2.44 bits per heavy atom. The van der Waals surface area contributed by atoms with E-state index in [2.05, 4.69) is 34.6 Å². The molecule has 142 valence electrons. The molecular weight excluding hydrogens is 338 g/mol. The Morgan fingerprint density at radius 1 is 1.04 bits per heavy atom. The van der Waals surface area contributed by atoms with Crippen LogP contribution in [0.2, 0.25) is 0 Å². The number of pyridine rings is 1. The number of hydrogen-bond donors (Lipinski definition) is 1. The summed E-state index contributed by atoms with van der Waals surface area (Å²) in [6.45, 7) is 4.08. The number of nitrogens with one attached hydrogen (secondary N) is 1. The maximum absolute atomic E-state index is 12.8. The lowest BCUT2D eigenvalue weighted by atomic mass is 9.90. The molecule has 3 rings (SSSR count). The van der Waals surface area contributed by atoms with Crippen LogP contribution < -0.4 is 5.32 Å². The fourth-order valence-electron chi connectivity index (χ4n) is 3.46. The van der Waals surface area contributed by atoms with Crippen LogP contribution in [0.25, 0.3) is 0 Å². The number of carbonyl (C=O) groups excluding carboxylic acids is 2. The molecule has 2 amide bonds. The van der Waals surface area contributed by atoms with Gasteiger partial charge in [-0.2, -0.15) is 0 Å². The van der Waals surface area contributed by atoms with E-state index in [4.69, 9.17) is 0 Å². The Bertz CT molecular complexity index is 768. The molecule has 27 heavy (non-hydrogen) atoms. The van der Waals surface area contributed by atoms with Gasteiger partial charge in [-0.1, -0.05) is 43.3 Å². The first-order valence-corrected chi connectivity index (χ1v) is 9.76. The van der Waals surface area contributed by atoms with Crippen molar-refractivity contribution in [3.8, 4) is 0 Å². The highest BCUT2D eigenvalue weighted by Crippen LogP contribution is 2.22. The van der Waals surface area contributed by atoms with E-state index in [-0.39, 0.29) is 11.8 Å². The van der Waals surface area contributed by atoms with Gasteiger partial charge >= 0.3 is 0 Å². The second-order valence-electron chi connectivity index (χ2n) is 7.09. The van der Waals surface area contributed by atoms with Crippen LogP contribution in [0.15, 0.2) is 48.5 Å². The van der Waals surface area contributed by atoms with Crippen LogP contribution >= 0.6 is 0 Å². The third kappa shape index (κ3) is 5.16. The Labute approximate surface area is 160 Å². The van der Waals surface area contributed by atoms with Gasteiger partial charge in [0.2, 0.25) is 0 Å². The van der Waals surface area contributed by atoms with E-state index in [1.165, 1.54) is 5.56 Å². The zero-order valence-electron chi connectivity index (χ0n) is 15.9. The Hall–Kier alpha value is -2.69. The van der Waals surface area contributed by atoms with Crippen LogP contribution in [0.4, 0.5) is 0 Å². The number of carbonyl (C=O) groups is 2. The van der Waals surface area contributed by atoms with Gasteiger partial charge in [-0.05, 0) is 49.3 Å². The van der Waals surface area contributed by atoms with E-state index in [1.54, 1.807) is 18.2 Å². The van der Waals surface area contributed by atoms with Crippen LogP contribution in [0.1, 0.15) is 52.7 Å². The molecule has 0 spiro atoms. The van der Waals surface area contributed by atoms with Gasteiger partial charge in [-0.15, -0.1) is 0 Å². The normalized spacial score (nSPS) is 14.8. The number of likely N-dealkylation sites (tertiary alicyclic amines) is 1. The molecule has 1 N–H and O–H groups in total. The van der Waals surface area contributed by atoms with Crippen molar-refractivity contribution in [1.29, 1.82) is 0 Å². The Kier molecular flexibility index (Phi) is 6.58. The lowest BCUT2D eigenvalue weighted by Crippen LogP contribution is -2.39. The number of benzene rings is 1. The highest BCUT2D eigenvalue weighted by Gasteiger charge is 2.25. The van der Waals surface area contributed by atoms with Crippen molar-refractivity contribution in [2.75, 3.05) is 19.6 Å². The Balaban J connectivity index is 1.57. The maximum Gasteiger partial charge on any atom is 0.272 e. The summed E-state index contributed by atoms with van der Waals surface area (Å²) in [6, 6.07) is 15.6. The standard InChI is InChI=1S/C22H27N3O2/c1-2-13-23-21(26)19-9-6-10-20(24-19)22(27)25-14-11-18(12-15-25)16-17-7-4-3-5-8-17/h3-10,18H,2,11-16H2,1H3,(H,23,26). The summed E-state index contributed by atoms with van der Waals surface area (Å²) in [7, 11) is 0. The van der Waals surface area contributed by atoms with Crippen molar-refractivity contribution < 1.29 is 9.59 Å². The molecule has 1 saturated heterocycles. The van der Waals surface area contributed by atoms with Gasteiger partial charge in [0.05, 0.1) is 0 Å². The van der Waals surface area contributed by atoms with Crippen LogP contribution in [0.5, 0.6) is 0 Å². The third-order valence-electron chi connectivity index (χ3n) is 5.01. The number of nitrogens with zero attached hydrogens (tertiary/aromatic N) is 2. The molecule has 0 radical (unpaired) electrons. The first-order valence-electron chi connectivity index (χ1n) is 9.76. The zero-order valence-corrected chi connectivity index (χ0v) is 15.9. The molecule has 1 aliphatic rings. The molecule has 2 aromatic rings. The highest BCUT2D eigenvalue weighted by molar-refractivity contribution is 5.96. The van der Waals surface area contributed by atoms with E-state index in [1.807, 2.05) is 17.9 Å². The highest BCUT2D eigenvalue weighted by atomic mass is 16.2. The van der Waals surface area contributed by atoms with Crippen LogP contribution in [0, 0.1) is 5.92 Å². The smallest absolute Gasteiger partial charge is 0.272 e. The molecule has 1 aliphatic heterocycles. The first-order chi connectivity index (χ1) is 13.2. The quantitative estimate of drug-likeness (QED) is 0.854. The van der Waals surface area contributed by atoms with Crippen molar-refractivity contribution in [3.63, 3.8) is 0 Å². The van der Waals surface area contributed by atoms with Gasteiger partial charge in [-0.25, -0.2) is 4.98 Å². The van der Waals surface area contributed by atoms with Crippen molar-refractivity contribution in [2.24, 2.45) is 5.92 Å². The molecule has 2 heterocycles. The van der Waals surface area contributed by atoms with Gasteiger partial charge in [0.15, 0.2) is 0 Å². The number of aromatic nitrogens is 1. The fourth-order valence-corrected chi connectivity index (χ4v) is 3.46. The summed E-state index contributed by atoms with van der Waals surface area (Å²) in [5.74, 6) is 0.293. The largest absolute Gasteiger partial charge is 0.351 e. The summed E-state index contributed by atoms with van der Waals surface area (Å²) in [6.07, 6.45) is 3.92. The fraction of sp³-hybridized carbons (Fsp3) is 0.409. The van der Waals surface area contributed by atoms with Crippen molar-refractivity contribution in [2.45, 2.75) is 32.6 Å². The van der Waals surface area contributed by atoms with E-state index in [0.29, 0.717) is 23.9 Å². The van der Waals surface area contributed by atoms with Crippen LogP contribution in [-0.4, -0.2) is 41.3 Å². The summed E-state index contributed by atoms with van der Waals surface area (Å²) in [4.78, 5) is 31.0. The Morgan fingerprint density at radius 2 is 1.74 bits per heavy atom. The second-order valence-corrected chi connectivity index (χ2v) is 7.09.